The molecule has 1 aliphatic carbocycles. The first-order valence-electron chi connectivity index (χ1n) is 10.1. The first-order chi connectivity index (χ1) is 12.7. The Labute approximate surface area is 164 Å². The van der Waals surface area contributed by atoms with Gasteiger partial charge in [0.15, 0.2) is 0 Å². The molecule has 2 aliphatic rings. The number of likely N-dealkylation sites (tertiary alicyclic amines) is 1. The summed E-state index contributed by atoms with van der Waals surface area (Å²) in [4.78, 5) is 13.9. The van der Waals surface area contributed by atoms with Crippen molar-refractivity contribution in [1.82, 2.24) is 14.9 Å². The quantitative estimate of drug-likeness (QED) is 0.649. The number of halogens is 2. The van der Waals surface area contributed by atoms with Crippen LogP contribution in [0.2, 0.25) is 0 Å². The lowest BCUT2D eigenvalue weighted by molar-refractivity contribution is -0.0567. The Balaban J connectivity index is 1.56. The number of thiophene rings is 1. The molecule has 1 saturated heterocycles. The number of nitrogens with zero attached hydrogens (tertiary/aromatic N) is 3. The molecule has 6 heteroatoms. The van der Waals surface area contributed by atoms with Crippen LogP contribution in [0.5, 0.6) is 0 Å². The molecule has 0 unspecified atom stereocenters. The molecule has 27 heavy (non-hydrogen) atoms. The van der Waals surface area contributed by atoms with Crippen LogP contribution in [0.4, 0.5) is 8.78 Å². The highest BCUT2D eigenvalue weighted by atomic mass is 32.1. The predicted molar refractivity (Wildman–Crippen MR) is 107 cm³/mol. The third-order valence-electron chi connectivity index (χ3n) is 6.31. The maximum atomic E-state index is 13.4. The maximum Gasteiger partial charge on any atom is 0.250 e. The summed E-state index contributed by atoms with van der Waals surface area (Å²) in [5, 5.41) is 1.13. The van der Waals surface area contributed by atoms with E-state index in [0.29, 0.717) is 31.0 Å². The molecule has 0 aromatic carbocycles. The molecule has 0 N–H and O–H groups in total. The van der Waals surface area contributed by atoms with Gasteiger partial charge in [-0.15, -0.1) is 11.3 Å². The van der Waals surface area contributed by atoms with Crippen molar-refractivity contribution in [2.75, 3.05) is 13.1 Å². The average Bonchev–Trinajstić information content (AvgIpc) is 3.00. The highest BCUT2D eigenvalue weighted by Crippen LogP contribution is 2.45. The molecule has 3 nitrogen and oxygen atoms in total. The van der Waals surface area contributed by atoms with Crippen LogP contribution in [0, 0.1) is 12.3 Å². The van der Waals surface area contributed by atoms with Crippen molar-refractivity contribution in [2.24, 2.45) is 5.41 Å². The highest BCUT2D eigenvalue weighted by Gasteiger charge is 2.34. The van der Waals surface area contributed by atoms with Gasteiger partial charge in [-0.05, 0) is 50.0 Å². The summed E-state index contributed by atoms with van der Waals surface area (Å²) in [5.41, 5.74) is 1.46. The molecule has 2 fully saturated rings. The van der Waals surface area contributed by atoms with Crippen LogP contribution in [-0.4, -0.2) is 33.9 Å². The number of alkyl halides is 2. The number of aryl methyl sites for hydroxylation is 1. The predicted octanol–water partition coefficient (Wildman–Crippen LogP) is 5.91. The molecular formula is C21H29F2N3S. The molecule has 0 amide bonds. The number of rotatable bonds is 3. The van der Waals surface area contributed by atoms with Gasteiger partial charge in [-0.25, -0.2) is 18.7 Å². The molecular weight excluding hydrogens is 364 g/mol. The number of aromatic nitrogens is 2. The zero-order chi connectivity index (χ0) is 19.2. The van der Waals surface area contributed by atoms with Gasteiger partial charge >= 0.3 is 0 Å². The fraction of sp³-hybridized carbons (Fsp3) is 0.714. The minimum Gasteiger partial charge on any atom is -0.297 e. The second-order valence-corrected chi connectivity index (χ2v) is 10.2. The number of piperidine rings is 1. The van der Waals surface area contributed by atoms with Gasteiger partial charge in [0.2, 0.25) is 0 Å². The summed E-state index contributed by atoms with van der Waals surface area (Å²) >= 11 is 1.80. The van der Waals surface area contributed by atoms with E-state index in [1.807, 2.05) is 6.92 Å². The summed E-state index contributed by atoms with van der Waals surface area (Å²) in [6, 6.07) is 2.29. The van der Waals surface area contributed by atoms with Crippen molar-refractivity contribution >= 4 is 21.6 Å². The zero-order valence-electron chi connectivity index (χ0n) is 16.5. The fourth-order valence-corrected chi connectivity index (χ4v) is 5.64. The molecule has 4 rings (SSSR count). The van der Waals surface area contributed by atoms with Crippen LogP contribution in [0.3, 0.4) is 0 Å². The molecule has 0 atom stereocenters. The first kappa shape index (κ1) is 19.2. The first-order valence-corrected chi connectivity index (χ1v) is 10.9. The van der Waals surface area contributed by atoms with Crippen molar-refractivity contribution in [3.63, 3.8) is 0 Å². The Morgan fingerprint density at radius 1 is 1.11 bits per heavy atom. The van der Waals surface area contributed by atoms with Crippen LogP contribution in [0.15, 0.2) is 6.07 Å². The van der Waals surface area contributed by atoms with Gasteiger partial charge < -0.3 is 0 Å². The van der Waals surface area contributed by atoms with Gasteiger partial charge in [-0.3, -0.25) is 4.90 Å². The Bertz CT molecular complexity index is 810. The normalized spacial score (nSPS) is 23.7. The molecule has 2 aromatic rings. The van der Waals surface area contributed by atoms with Crippen molar-refractivity contribution in [3.05, 3.63) is 22.5 Å². The largest absolute Gasteiger partial charge is 0.297 e. The van der Waals surface area contributed by atoms with Gasteiger partial charge in [0.25, 0.3) is 5.92 Å². The molecule has 0 bridgehead atoms. The third-order valence-corrected chi connectivity index (χ3v) is 7.50. The monoisotopic (exact) mass is 393 g/mol. The van der Waals surface area contributed by atoms with Gasteiger partial charge in [-0.2, -0.15) is 0 Å². The Morgan fingerprint density at radius 3 is 2.44 bits per heavy atom. The second-order valence-electron chi connectivity index (χ2n) is 9.16. The number of hydrogen-bond donors (Lipinski definition) is 0. The van der Waals surface area contributed by atoms with Crippen LogP contribution in [0.25, 0.3) is 10.2 Å². The lowest BCUT2D eigenvalue weighted by Gasteiger charge is -2.33. The van der Waals surface area contributed by atoms with Gasteiger partial charge in [0.1, 0.15) is 10.7 Å². The van der Waals surface area contributed by atoms with Crippen LogP contribution >= 0.6 is 11.3 Å². The minimum atomic E-state index is -2.50. The van der Waals surface area contributed by atoms with E-state index in [1.54, 1.807) is 11.3 Å². The van der Waals surface area contributed by atoms with E-state index in [0.717, 1.165) is 21.7 Å². The summed E-state index contributed by atoms with van der Waals surface area (Å²) in [6.45, 7) is 8.17. The molecule has 3 heterocycles. The molecule has 0 radical (unpaired) electrons. The van der Waals surface area contributed by atoms with E-state index in [9.17, 15) is 8.78 Å². The van der Waals surface area contributed by atoms with E-state index in [-0.39, 0.29) is 12.8 Å². The smallest absolute Gasteiger partial charge is 0.250 e. The van der Waals surface area contributed by atoms with Gasteiger partial charge in [0, 0.05) is 42.7 Å². The van der Waals surface area contributed by atoms with Crippen molar-refractivity contribution < 1.29 is 8.78 Å². The summed E-state index contributed by atoms with van der Waals surface area (Å²) in [5.74, 6) is -1.10. The Kier molecular flexibility index (Phi) is 5.00. The minimum absolute atomic E-state index is 0.0487. The highest BCUT2D eigenvalue weighted by molar-refractivity contribution is 7.18. The van der Waals surface area contributed by atoms with Crippen LogP contribution in [-0.2, 0) is 6.54 Å². The standard InChI is InChI=1S/C21H29F2N3S/c1-14-24-17(13-26-10-8-21(22,23)9-11-26)16-12-18(27-19(16)25-14)15-4-6-20(2,3)7-5-15/h12,15H,4-11,13H2,1-3H3. The lowest BCUT2D eigenvalue weighted by Crippen LogP contribution is -2.39. The van der Waals surface area contributed by atoms with Crippen LogP contribution in [0.1, 0.15) is 74.7 Å². The van der Waals surface area contributed by atoms with Crippen molar-refractivity contribution in [3.8, 4) is 0 Å². The Hall–Kier alpha value is -1.14. The fourth-order valence-electron chi connectivity index (χ4n) is 4.37. The summed E-state index contributed by atoms with van der Waals surface area (Å²) < 4.78 is 26.9. The van der Waals surface area contributed by atoms with Crippen molar-refractivity contribution in [2.45, 2.75) is 77.7 Å². The number of fused-ring (bicyclic) bond motifs is 1. The second kappa shape index (κ2) is 7.03. The number of hydrogen-bond acceptors (Lipinski definition) is 4. The van der Waals surface area contributed by atoms with E-state index in [1.165, 1.54) is 30.6 Å². The molecule has 2 aromatic heterocycles. The van der Waals surface area contributed by atoms with E-state index < -0.39 is 5.92 Å². The zero-order valence-corrected chi connectivity index (χ0v) is 17.3. The SMILES string of the molecule is Cc1nc(CN2CCC(F)(F)CC2)c2cc(C3CCC(C)(C)CC3)sc2n1. The summed E-state index contributed by atoms with van der Waals surface area (Å²) in [6.07, 6.45) is 4.92. The van der Waals surface area contributed by atoms with Gasteiger partial charge in [0.05, 0.1) is 5.69 Å². The third kappa shape index (κ3) is 4.32. The maximum absolute atomic E-state index is 13.4. The molecule has 1 aliphatic heterocycles. The van der Waals surface area contributed by atoms with Crippen molar-refractivity contribution in [1.29, 1.82) is 0 Å². The van der Waals surface area contributed by atoms with E-state index in [4.69, 9.17) is 0 Å². The summed E-state index contributed by atoms with van der Waals surface area (Å²) in [7, 11) is 0. The lowest BCUT2D eigenvalue weighted by atomic mass is 9.73. The van der Waals surface area contributed by atoms with Crippen LogP contribution < -0.4 is 0 Å². The molecule has 1 saturated carbocycles. The van der Waals surface area contributed by atoms with E-state index >= 15 is 0 Å². The van der Waals surface area contributed by atoms with Gasteiger partial charge in [-0.1, -0.05) is 13.8 Å². The average molecular weight is 394 g/mol. The molecule has 0 spiro atoms. The van der Waals surface area contributed by atoms with E-state index in [2.05, 4.69) is 34.8 Å². The molecule has 148 valence electrons. The topological polar surface area (TPSA) is 29.0 Å². The Morgan fingerprint density at radius 2 is 1.78 bits per heavy atom.